The maximum Gasteiger partial charge on any atom is 0.276 e. The Kier molecular flexibility index (Phi) is 2.92. The summed E-state index contributed by atoms with van der Waals surface area (Å²) in [6.07, 6.45) is 0.775. The van der Waals surface area contributed by atoms with Gasteiger partial charge in [-0.25, -0.2) is 0 Å². The lowest BCUT2D eigenvalue weighted by molar-refractivity contribution is 0.265. The fourth-order valence-corrected chi connectivity index (χ4v) is 1.61. The van der Waals surface area contributed by atoms with Gasteiger partial charge in [0.25, 0.3) is 5.65 Å². The Morgan fingerprint density at radius 3 is 1.78 bits per heavy atom. The van der Waals surface area contributed by atoms with Crippen LogP contribution >= 0.6 is 7.14 Å². The third-order valence-electron chi connectivity index (χ3n) is 1.42. The second-order valence-corrected chi connectivity index (χ2v) is 5.34. The molecule has 0 rings (SSSR count). The van der Waals surface area contributed by atoms with E-state index in [1.807, 2.05) is 0 Å². The quantitative estimate of drug-likeness (QED) is 0.617. The molecule has 0 radical (unpaired) electrons. The number of nitrogens with two attached hydrogens (primary N) is 1. The van der Waals surface area contributed by atoms with Gasteiger partial charge in [0.1, 0.15) is 0 Å². The molecule has 0 aliphatic carbocycles. The zero-order valence-corrected chi connectivity index (χ0v) is 6.65. The van der Waals surface area contributed by atoms with Gasteiger partial charge in [0.2, 0.25) is 0 Å². The van der Waals surface area contributed by atoms with Crippen molar-refractivity contribution in [1.82, 2.24) is 0 Å². The Morgan fingerprint density at radius 1 is 1.44 bits per heavy atom. The Balaban J connectivity index is 4.30. The Labute approximate surface area is 55.0 Å². The molecule has 0 aromatic rings. The summed E-state index contributed by atoms with van der Waals surface area (Å²) in [5, 5.41) is 0. The minimum Gasteiger partial charge on any atom is -0.363 e. The molecule has 0 spiro atoms. The van der Waals surface area contributed by atoms with E-state index in [0.717, 1.165) is 0 Å². The fourth-order valence-electron chi connectivity index (χ4n) is 0.535. The van der Waals surface area contributed by atoms with Crippen LogP contribution in [0.1, 0.15) is 13.8 Å². The van der Waals surface area contributed by atoms with E-state index in [1.54, 1.807) is 13.8 Å². The highest BCUT2D eigenvalue weighted by Crippen LogP contribution is 2.43. The van der Waals surface area contributed by atoms with Crippen molar-refractivity contribution < 1.29 is 9.36 Å². The van der Waals surface area contributed by atoms with E-state index in [-0.39, 0.29) is 0 Å². The third-order valence-corrected chi connectivity index (χ3v) is 4.27. The molecule has 1 amide bonds. The van der Waals surface area contributed by atoms with E-state index in [2.05, 4.69) is 0 Å². The minimum atomic E-state index is -2.61. The second-order valence-electron chi connectivity index (χ2n) is 1.86. The largest absolute Gasteiger partial charge is 0.363 e. The molecule has 0 unspecified atom stereocenters. The van der Waals surface area contributed by atoms with E-state index < -0.39 is 12.8 Å². The second kappa shape index (κ2) is 3.02. The Hall–Kier alpha value is -0.300. The normalized spacial score (nSPS) is 11.3. The predicted molar refractivity (Wildman–Crippen MR) is 38.3 cm³/mol. The molecule has 0 aliphatic heterocycles. The van der Waals surface area contributed by atoms with Crippen LogP contribution in [0.3, 0.4) is 0 Å². The molecule has 0 atom stereocenters. The van der Waals surface area contributed by atoms with Crippen molar-refractivity contribution in [3.8, 4) is 0 Å². The van der Waals surface area contributed by atoms with Crippen LogP contribution in [0.25, 0.3) is 0 Å². The van der Waals surface area contributed by atoms with E-state index in [9.17, 15) is 9.36 Å². The third kappa shape index (κ3) is 1.83. The van der Waals surface area contributed by atoms with Gasteiger partial charge in [0.15, 0.2) is 7.14 Å². The zero-order chi connectivity index (χ0) is 7.49. The Bertz CT molecular complexity index is 147. The highest BCUT2D eigenvalue weighted by molar-refractivity contribution is 7.80. The van der Waals surface area contributed by atoms with E-state index in [0.29, 0.717) is 12.3 Å². The van der Waals surface area contributed by atoms with Gasteiger partial charge >= 0.3 is 0 Å². The van der Waals surface area contributed by atoms with Gasteiger partial charge in [-0.2, -0.15) is 0 Å². The molecule has 0 fully saturated rings. The highest BCUT2D eigenvalue weighted by atomic mass is 31.2. The molecule has 9 heavy (non-hydrogen) atoms. The fraction of sp³-hybridized carbons (Fsp3) is 0.800. The van der Waals surface area contributed by atoms with Gasteiger partial charge in [0, 0.05) is 12.3 Å². The first-order valence-corrected chi connectivity index (χ1v) is 5.02. The first kappa shape index (κ1) is 8.70. The van der Waals surface area contributed by atoms with Crippen molar-refractivity contribution in [2.24, 2.45) is 5.73 Å². The number of primary amides is 1. The zero-order valence-electron chi connectivity index (χ0n) is 5.76. The summed E-state index contributed by atoms with van der Waals surface area (Å²) >= 11 is 0. The smallest absolute Gasteiger partial charge is 0.276 e. The summed E-state index contributed by atoms with van der Waals surface area (Å²) in [7, 11) is -2.61. The van der Waals surface area contributed by atoms with E-state index >= 15 is 0 Å². The molecule has 0 saturated heterocycles. The summed E-state index contributed by atoms with van der Waals surface area (Å²) in [4.78, 5) is 10.4. The number of carbonyl (C=O) groups is 1. The van der Waals surface area contributed by atoms with Crippen LogP contribution in [0.15, 0.2) is 0 Å². The van der Waals surface area contributed by atoms with Crippen molar-refractivity contribution in [2.45, 2.75) is 13.8 Å². The number of hydrogen-bond acceptors (Lipinski definition) is 2. The van der Waals surface area contributed by atoms with Gasteiger partial charge in [-0.05, 0) is 0 Å². The topological polar surface area (TPSA) is 60.2 Å². The van der Waals surface area contributed by atoms with Gasteiger partial charge in [0.05, 0.1) is 0 Å². The van der Waals surface area contributed by atoms with Crippen LogP contribution in [0, 0.1) is 0 Å². The minimum absolute atomic E-state index is 0.388. The highest BCUT2D eigenvalue weighted by Gasteiger charge is 2.23. The maximum atomic E-state index is 11.2. The summed E-state index contributed by atoms with van der Waals surface area (Å²) in [5.74, 6) is 0. The van der Waals surface area contributed by atoms with Crippen molar-refractivity contribution in [1.29, 1.82) is 0 Å². The standard InChI is InChI=1S/C5H12NO2P/c1-3-9(8,4-2)5(6)7/h3-4H2,1-2H3,(H2,6,7). The molecule has 0 saturated carbocycles. The molecule has 0 heterocycles. The first-order valence-electron chi connectivity index (χ1n) is 2.95. The van der Waals surface area contributed by atoms with Crippen LogP contribution < -0.4 is 5.73 Å². The molecule has 2 N–H and O–H groups in total. The molecule has 4 heteroatoms. The van der Waals surface area contributed by atoms with Gasteiger partial charge in [-0.3, -0.25) is 4.79 Å². The van der Waals surface area contributed by atoms with Gasteiger partial charge < -0.3 is 10.3 Å². The predicted octanol–water partition coefficient (Wildman–Crippen LogP) is 1.47. The molecular formula is C5H12NO2P. The molecule has 0 bridgehead atoms. The summed E-state index contributed by atoms with van der Waals surface area (Å²) < 4.78 is 11.2. The molecule has 0 aromatic heterocycles. The summed E-state index contributed by atoms with van der Waals surface area (Å²) in [6.45, 7) is 3.43. The lowest BCUT2D eigenvalue weighted by Crippen LogP contribution is -2.11. The molecule has 3 nitrogen and oxygen atoms in total. The molecular weight excluding hydrogens is 137 g/mol. The van der Waals surface area contributed by atoms with E-state index in [4.69, 9.17) is 5.73 Å². The number of carbonyl (C=O) groups excluding carboxylic acids is 1. The lowest BCUT2D eigenvalue weighted by Gasteiger charge is -2.06. The molecule has 0 aromatic carbocycles. The van der Waals surface area contributed by atoms with E-state index in [1.165, 1.54) is 0 Å². The number of amides is 1. The SMILES string of the molecule is CCP(=O)(CC)C(N)=O. The monoisotopic (exact) mass is 149 g/mol. The lowest BCUT2D eigenvalue weighted by atomic mass is 11.0. The summed E-state index contributed by atoms with van der Waals surface area (Å²) in [6, 6.07) is 0. The molecule has 54 valence electrons. The Morgan fingerprint density at radius 2 is 1.78 bits per heavy atom. The maximum absolute atomic E-state index is 11.2. The van der Waals surface area contributed by atoms with Crippen LogP contribution in [-0.4, -0.2) is 18.0 Å². The van der Waals surface area contributed by atoms with Crippen molar-refractivity contribution in [3.63, 3.8) is 0 Å². The van der Waals surface area contributed by atoms with Crippen molar-refractivity contribution in [3.05, 3.63) is 0 Å². The average molecular weight is 149 g/mol. The van der Waals surface area contributed by atoms with Crippen molar-refractivity contribution in [2.75, 3.05) is 12.3 Å². The number of rotatable bonds is 3. The van der Waals surface area contributed by atoms with Gasteiger partial charge in [-0.1, -0.05) is 13.8 Å². The summed E-state index contributed by atoms with van der Waals surface area (Å²) in [5.41, 5.74) is 4.26. The first-order chi connectivity index (χ1) is 4.06. The molecule has 0 aliphatic rings. The van der Waals surface area contributed by atoms with Crippen LogP contribution in [-0.2, 0) is 4.57 Å². The van der Waals surface area contributed by atoms with Crippen molar-refractivity contribution >= 4 is 12.8 Å². The average Bonchev–Trinajstić information content (AvgIpc) is 1.86. The van der Waals surface area contributed by atoms with Crippen LogP contribution in [0.5, 0.6) is 0 Å². The number of hydrogen-bond donors (Lipinski definition) is 1. The van der Waals surface area contributed by atoms with Gasteiger partial charge in [-0.15, -0.1) is 0 Å². The van der Waals surface area contributed by atoms with Crippen LogP contribution in [0.4, 0.5) is 4.79 Å². The van der Waals surface area contributed by atoms with Crippen LogP contribution in [0.2, 0.25) is 0 Å².